The van der Waals surface area contributed by atoms with E-state index in [9.17, 15) is 14.4 Å². The largest absolute Gasteiger partial charge is 0.322 e. The second-order valence-electron chi connectivity index (χ2n) is 9.40. The van der Waals surface area contributed by atoms with Crippen LogP contribution in [0.15, 0.2) is 48.5 Å². The zero-order chi connectivity index (χ0) is 23.2. The lowest BCUT2D eigenvalue weighted by atomic mass is 9.92. The van der Waals surface area contributed by atoms with Gasteiger partial charge in [-0.1, -0.05) is 36.4 Å². The molecule has 1 unspecified atom stereocenters. The van der Waals surface area contributed by atoms with Gasteiger partial charge < -0.3 is 4.90 Å². The third kappa shape index (κ3) is 3.52. The molecule has 3 aliphatic rings. The van der Waals surface area contributed by atoms with Crippen LogP contribution >= 0.6 is 0 Å². The van der Waals surface area contributed by atoms with E-state index in [-0.39, 0.29) is 24.1 Å². The number of rotatable bonds is 4. The van der Waals surface area contributed by atoms with Gasteiger partial charge in [0.1, 0.15) is 6.04 Å². The van der Waals surface area contributed by atoms with Crippen molar-refractivity contribution in [3.05, 3.63) is 76.5 Å². The fraction of sp³-hybridized carbons (Fsp3) is 0.333. The molecule has 2 aromatic carbocycles. The minimum Gasteiger partial charge on any atom is -0.322 e. The van der Waals surface area contributed by atoms with Crippen LogP contribution in [0.1, 0.15) is 58.4 Å². The summed E-state index contributed by atoms with van der Waals surface area (Å²) in [4.78, 5) is 38.5. The minimum atomic E-state index is -0.598. The molecule has 7 nitrogen and oxygen atoms in total. The third-order valence-corrected chi connectivity index (χ3v) is 7.23. The Kier molecular flexibility index (Phi) is 5.05. The molecule has 0 spiro atoms. The summed E-state index contributed by atoms with van der Waals surface area (Å²) in [5.74, 6) is -0.803. The molecule has 3 aromatic rings. The maximum absolute atomic E-state index is 13.1. The van der Waals surface area contributed by atoms with Gasteiger partial charge in [0.2, 0.25) is 11.8 Å². The van der Waals surface area contributed by atoms with E-state index in [1.807, 2.05) is 18.2 Å². The Balaban J connectivity index is 1.32. The van der Waals surface area contributed by atoms with E-state index in [1.54, 1.807) is 4.90 Å². The van der Waals surface area contributed by atoms with E-state index in [4.69, 9.17) is 5.10 Å². The van der Waals surface area contributed by atoms with Crippen molar-refractivity contribution in [3.8, 4) is 11.3 Å². The van der Waals surface area contributed by atoms with Crippen molar-refractivity contribution in [2.75, 3.05) is 0 Å². The number of carbonyl (C=O) groups is 3. The SMILES string of the molecule is O=C1CCC(N2Cc3cc(-c4nn(Cc5ccccc5)c5c4CCCC5)ccc3C2=O)C(=O)N1. The molecule has 1 atom stereocenters. The molecule has 172 valence electrons. The number of hydrogen-bond acceptors (Lipinski definition) is 4. The second-order valence-corrected chi connectivity index (χ2v) is 9.40. The van der Waals surface area contributed by atoms with Gasteiger partial charge in [0, 0.05) is 35.3 Å². The molecule has 0 bridgehead atoms. The summed E-state index contributed by atoms with van der Waals surface area (Å²) >= 11 is 0. The molecule has 7 heteroatoms. The maximum atomic E-state index is 13.1. The highest BCUT2D eigenvalue weighted by Crippen LogP contribution is 2.35. The highest BCUT2D eigenvalue weighted by Gasteiger charge is 2.39. The number of aromatic nitrogens is 2. The van der Waals surface area contributed by atoms with Crippen molar-refractivity contribution >= 4 is 17.7 Å². The van der Waals surface area contributed by atoms with Crippen molar-refractivity contribution in [3.63, 3.8) is 0 Å². The normalized spacial score (nSPS) is 19.7. The summed E-state index contributed by atoms with van der Waals surface area (Å²) in [5, 5.41) is 7.41. The molecule has 1 saturated heterocycles. The Hall–Kier alpha value is -3.74. The minimum absolute atomic E-state index is 0.146. The molecule has 0 saturated carbocycles. The number of amides is 3. The van der Waals surface area contributed by atoms with Crippen LogP contribution in [-0.4, -0.2) is 38.4 Å². The zero-order valence-electron chi connectivity index (χ0n) is 18.9. The number of imide groups is 1. The standard InChI is InChI=1S/C27H26N4O3/c32-24-13-12-23(26(33)28-24)30-16-19-14-18(10-11-20(19)27(30)34)25-21-8-4-5-9-22(21)31(29-25)15-17-6-2-1-3-7-17/h1-3,6-7,10-11,14,23H,4-5,8-9,12-13,15-16H2,(H,28,32,33). The van der Waals surface area contributed by atoms with Crippen LogP contribution in [0.3, 0.4) is 0 Å². The first kappa shape index (κ1) is 20.8. The summed E-state index contributed by atoms with van der Waals surface area (Å²) in [7, 11) is 0. The smallest absolute Gasteiger partial charge is 0.255 e. The average Bonchev–Trinajstić information content (AvgIpc) is 3.37. The van der Waals surface area contributed by atoms with E-state index in [2.05, 4.69) is 40.3 Å². The van der Waals surface area contributed by atoms with E-state index in [1.165, 1.54) is 23.2 Å². The molecule has 2 aliphatic heterocycles. The van der Waals surface area contributed by atoms with Gasteiger partial charge in [0.25, 0.3) is 5.91 Å². The first-order valence-corrected chi connectivity index (χ1v) is 12.0. The Labute approximate surface area is 197 Å². The number of fused-ring (bicyclic) bond motifs is 2. The van der Waals surface area contributed by atoms with Crippen LogP contribution in [0.25, 0.3) is 11.3 Å². The monoisotopic (exact) mass is 454 g/mol. The summed E-state index contributed by atoms with van der Waals surface area (Å²) in [6, 6.07) is 15.7. The molecule has 6 rings (SSSR count). The van der Waals surface area contributed by atoms with Crippen LogP contribution in [-0.2, 0) is 35.5 Å². The molecule has 3 heterocycles. The van der Waals surface area contributed by atoms with Gasteiger partial charge in [-0.25, -0.2) is 0 Å². The summed E-state index contributed by atoms with van der Waals surface area (Å²) < 4.78 is 2.15. The average molecular weight is 455 g/mol. The lowest BCUT2D eigenvalue weighted by Crippen LogP contribution is -2.52. The Morgan fingerprint density at radius 1 is 0.971 bits per heavy atom. The Morgan fingerprint density at radius 2 is 1.79 bits per heavy atom. The summed E-state index contributed by atoms with van der Waals surface area (Å²) in [6.45, 7) is 1.12. The fourth-order valence-electron chi connectivity index (χ4n) is 5.51. The van der Waals surface area contributed by atoms with Crippen molar-refractivity contribution in [1.82, 2.24) is 20.0 Å². The predicted octanol–water partition coefficient (Wildman–Crippen LogP) is 3.24. The van der Waals surface area contributed by atoms with Gasteiger partial charge in [-0.15, -0.1) is 0 Å². The Bertz CT molecular complexity index is 1310. The Morgan fingerprint density at radius 3 is 2.62 bits per heavy atom. The van der Waals surface area contributed by atoms with Crippen LogP contribution in [0, 0.1) is 0 Å². The van der Waals surface area contributed by atoms with E-state index in [0.717, 1.165) is 42.6 Å². The molecule has 1 fully saturated rings. The number of nitrogens with one attached hydrogen (secondary N) is 1. The number of carbonyl (C=O) groups excluding carboxylic acids is 3. The van der Waals surface area contributed by atoms with Crippen molar-refractivity contribution in [1.29, 1.82) is 0 Å². The quantitative estimate of drug-likeness (QED) is 0.614. The summed E-state index contributed by atoms with van der Waals surface area (Å²) in [6.07, 6.45) is 5.00. The summed E-state index contributed by atoms with van der Waals surface area (Å²) in [5.41, 5.74) is 7.41. The topological polar surface area (TPSA) is 84.3 Å². The molecule has 1 aromatic heterocycles. The molecular formula is C27H26N4O3. The van der Waals surface area contributed by atoms with Crippen LogP contribution in [0.4, 0.5) is 0 Å². The van der Waals surface area contributed by atoms with Crippen molar-refractivity contribution in [2.24, 2.45) is 0 Å². The third-order valence-electron chi connectivity index (χ3n) is 7.23. The van der Waals surface area contributed by atoms with Gasteiger partial charge in [0.05, 0.1) is 12.2 Å². The van der Waals surface area contributed by atoms with Gasteiger partial charge >= 0.3 is 0 Å². The van der Waals surface area contributed by atoms with Gasteiger partial charge in [-0.05, 0) is 55.4 Å². The maximum Gasteiger partial charge on any atom is 0.255 e. The lowest BCUT2D eigenvalue weighted by Gasteiger charge is -2.29. The molecule has 0 radical (unpaired) electrons. The highest BCUT2D eigenvalue weighted by atomic mass is 16.2. The number of hydrogen-bond donors (Lipinski definition) is 1. The molecule has 1 aliphatic carbocycles. The van der Waals surface area contributed by atoms with Gasteiger partial charge in [-0.3, -0.25) is 24.4 Å². The van der Waals surface area contributed by atoms with E-state index in [0.29, 0.717) is 18.5 Å². The highest BCUT2D eigenvalue weighted by molar-refractivity contribution is 6.05. The van der Waals surface area contributed by atoms with Gasteiger partial charge in [-0.2, -0.15) is 5.10 Å². The van der Waals surface area contributed by atoms with Crippen molar-refractivity contribution in [2.45, 2.75) is 57.7 Å². The predicted molar refractivity (Wildman–Crippen MR) is 126 cm³/mol. The molecular weight excluding hydrogens is 428 g/mol. The molecule has 1 N–H and O–H groups in total. The number of benzene rings is 2. The molecule has 3 amide bonds. The first-order valence-electron chi connectivity index (χ1n) is 12.0. The van der Waals surface area contributed by atoms with Gasteiger partial charge in [0.15, 0.2) is 0 Å². The fourth-order valence-corrected chi connectivity index (χ4v) is 5.51. The van der Waals surface area contributed by atoms with E-state index >= 15 is 0 Å². The second kappa shape index (κ2) is 8.24. The zero-order valence-corrected chi connectivity index (χ0v) is 18.9. The number of piperidine rings is 1. The number of nitrogens with zero attached hydrogens (tertiary/aromatic N) is 3. The van der Waals surface area contributed by atoms with Crippen LogP contribution in [0.5, 0.6) is 0 Å². The lowest BCUT2D eigenvalue weighted by molar-refractivity contribution is -0.136. The first-order chi connectivity index (χ1) is 16.6. The van der Waals surface area contributed by atoms with E-state index < -0.39 is 6.04 Å². The molecule has 34 heavy (non-hydrogen) atoms. The van der Waals surface area contributed by atoms with Crippen molar-refractivity contribution < 1.29 is 14.4 Å². The van der Waals surface area contributed by atoms with Crippen LogP contribution in [0.2, 0.25) is 0 Å². The van der Waals surface area contributed by atoms with Crippen LogP contribution < -0.4 is 5.32 Å².